The first kappa shape index (κ1) is 19.0. The Kier molecular flexibility index (Phi) is 5.64. The molecule has 0 unspecified atom stereocenters. The van der Waals surface area contributed by atoms with E-state index in [0.717, 1.165) is 62.5 Å². The summed E-state index contributed by atoms with van der Waals surface area (Å²) in [4.78, 5) is 17.3. The van der Waals surface area contributed by atoms with E-state index in [1.807, 2.05) is 32.0 Å². The topological polar surface area (TPSA) is 47.6 Å². The van der Waals surface area contributed by atoms with Gasteiger partial charge in [-0.1, -0.05) is 36.4 Å². The van der Waals surface area contributed by atoms with Gasteiger partial charge < -0.3 is 10.6 Å². The van der Waals surface area contributed by atoms with E-state index in [9.17, 15) is 4.79 Å². The molecule has 1 fully saturated rings. The molecule has 4 rings (SSSR count). The van der Waals surface area contributed by atoms with E-state index in [0.29, 0.717) is 6.54 Å². The lowest BCUT2D eigenvalue weighted by atomic mass is 10.1. The van der Waals surface area contributed by atoms with Gasteiger partial charge in [0, 0.05) is 50.6 Å². The first-order valence-corrected chi connectivity index (χ1v) is 10.3. The van der Waals surface area contributed by atoms with Crippen molar-refractivity contribution in [2.45, 2.75) is 26.8 Å². The summed E-state index contributed by atoms with van der Waals surface area (Å²) in [6.07, 6.45) is 1.13. The Morgan fingerprint density at radius 2 is 1.68 bits per heavy atom. The Morgan fingerprint density at radius 1 is 1.00 bits per heavy atom. The number of hydrogen-bond acceptors (Lipinski definition) is 4. The Morgan fingerprint density at radius 3 is 2.43 bits per heavy atom. The van der Waals surface area contributed by atoms with Crippen molar-refractivity contribution in [3.8, 4) is 0 Å². The number of aryl methyl sites for hydroxylation is 2. The maximum absolute atomic E-state index is 12.5. The van der Waals surface area contributed by atoms with Crippen LogP contribution in [0.5, 0.6) is 0 Å². The van der Waals surface area contributed by atoms with Crippen LogP contribution in [0.4, 0.5) is 11.4 Å². The smallest absolute Gasteiger partial charge is 0.238 e. The molecular weight excluding hydrogens is 348 g/mol. The zero-order chi connectivity index (χ0) is 19.5. The van der Waals surface area contributed by atoms with Crippen LogP contribution in [0.15, 0.2) is 36.4 Å². The molecule has 2 aromatic carbocycles. The summed E-state index contributed by atoms with van der Waals surface area (Å²) in [6, 6.07) is 12.7. The van der Waals surface area contributed by atoms with Gasteiger partial charge in [-0.25, -0.2) is 0 Å². The van der Waals surface area contributed by atoms with Crippen LogP contribution in [0, 0.1) is 13.8 Å². The van der Waals surface area contributed by atoms with Gasteiger partial charge in [-0.3, -0.25) is 14.6 Å². The lowest BCUT2D eigenvalue weighted by Gasteiger charge is -2.34. The third-order valence-electron chi connectivity index (χ3n) is 5.90. The van der Waals surface area contributed by atoms with Crippen molar-refractivity contribution in [3.05, 3.63) is 58.7 Å². The molecule has 0 spiro atoms. The van der Waals surface area contributed by atoms with Crippen molar-refractivity contribution >= 4 is 17.3 Å². The maximum atomic E-state index is 12.5. The molecule has 0 bridgehead atoms. The summed E-state index contributed by atoms with van der Waals surface area (Å²) in [7, 11) is 0. The number of nitrogens with zero attached hydrogens (tertiary/aromatic N) is 2. The van der Waals surface area contributed by atoms with Crippen LogP contribution < -0.4 is 10.6 Å². The van der Waals surface area contributed by atoms with Crippen molar-refractivity contribution in [2.24, 2.45) is 0 Å². The average molecular weight is 379 g/mol. The number of carbonyl (C=O) groups excluding carboxylic acids is 1. The molecule has 28 heavy (non-hydrogen) atoms. The van der Waals surface area contributed by atoms with Crippen LogP contribution >= 0.6 is 0 Å². The molecule has 0 aromatic heterocycles. The average Bonchev–Trinajstić information content (AvgIpc) is 3.16. The lowest BCUT2D eigenvalue weighted by Crippen LogP contribution is -2.48. The van der Waals surface area contributed by atoms with Gasteiger partial charge in [0.2, 0.25) is 5.91 Å². The third kappa shape index (κ3) is 4.21. The van der Waals surface area contributed by atoms with Crippen LogP contribution in [-0.4, -0.2) is 55.0 Å². The van der Waals surface area contributed by atoms with Gasteiger partial charge in [0.25, 0.3) is 0 Å². The monoisotopic (exact) mass is 378 g/mol. The van der Waals surface area contributed by atoms with Crippen LogP contribution in [0.3, 0.4) is 0 Å². The first-order valence-electron chi connectivity index (χ1n) is 10.3. The van der Waals surface area contributed by atoms with Gasteiger partial charge >= 0.3 is 0 Å². The quantitative estimate of drug-likeness (QED) is 0.840. The van der Waals surface area contributed by atoms with Gasteiger partial charge in [0.05, 0.1) is 6.54 Å². The highest BCUT2D eigenvalue weighted by molar-refractivity contribution is 5.93. The molecule has 2 aliphatic rings. The molecular formula is C23H30N4O. The first-order chi connectivity index (χ1) is 13.6. The number of piperazine rings is 1. The summed E-state index contributed by atoms with van der Waals surface area (Å²) < 4.78 is 0. The number of hydrogen-bond donors (Lipinski definition) is 2. The Hall–Kier alpha value is -2.37. The number of para-hydroxylation sites is 2. The summed E-state index contributed by atoms with van der Waals surface area (Å²) >= 11 is 0. The van der Waals surface area contributed by atoms with Gasteiger partial charge in [0.15, 0.2) is 0 Å². The van der Waals surface area contributed by atoms with Gasteiger partial charge in [-0.15, -0.1) is 0 Å². The SMILES string of the molecule is Cc1cccc(C)c1NC(=O)CN1CCN(Cc2cccc3c2NCC3)CC1. The summed E-state index contributed by atoms with van der Waals surface area (Å²) in [5.41, 5.74) is 7.37. The molecule has 0 aliphatic carbocycles. The second-order valence-corrected chi connectivity index (χ2v) is 8.00. The number of amides is 1. The number of rotatable bonds is 5. The molecule has 5 nitrogen and oxygen atoms in total. The predicted octanol–water partition coefficient (Wildman–Crippen LogP) is 3.03. The Bertz CT molecular complexity index is 835. The van der Waals surface area contributed by atoms with Gasteiger partial charge in [0.1, 0.15) is 0 Å². The normalized spacial score (nSPS) is 17.2. The highest BCUT2D eigenvalue weighted by Gasteiger charge is 2.21. The largest absolute Gasteiger partial charge is 0.384 e. The molecule has 2 N–H and O–H groups in total. The van der Waals surface area contributed by atoms with E-state index in [1.54, 1.807) is 0 Å². The molecule has 0 radical (unpaired) electrons. The molecule has 5 heteroatoms. The fraction of sp³-hybridized carbons (Fsp3) is 0.435. The minimum absolute atomic E-state index is 0.0796. The van der Waals surface area contributed by atoms with Crippen molar-refractivity contribution in [1.82, 2.24) is 9.80 Å². The van der Waals surface area contributed by atoms with Crippen molar-refractivity contribution < 1.29 is 4.79 Å². The van der Waals surface area contributed by atoms with E-state index in [2.05, 4.69) is 38.6 Å². The van der Waals surface area contributed by atoms with Crippen LogP contribution in [-0.2, 0) is 17.8 Å². The Labute approximate surface area is 167 Å². The highest BCUT2D eigenvalue weighted by atomic mass is 16.2. The number of carbonyl (C=O) groups is 1. The molecule has 0 atom stereocenters. The molecule has 1 saturated heterocycles. The Balaban J connectivity index is 1.28. The molecule has 2 aromatic rings. The van der Waals surface area contributed by atoms with Crippen LogP contribution in [0.2, 0.25) is 0 Å². The summed E-state index contributed by atoms with van der Waals surface area (Å²) in [5, 5.41) is 6.64. The molecule has 2 aliphatic heterocycles. The van der Waals surface area contributed by atoms with E-state index in [-0.39, 0.29) is 5.91 Å². The standard InChI is InChI=1S/C23H30N4O/c1-17-5-3-6-18(2)22(17)25-21(28)16-27-13-11-26(12-14-27)15-20-8-4-7-19-9-10-24-23(19)20/h3-8,24H,9-16H2,1-2H3,(H,25,28). The minimum atomic E-state index is 0.0796. The number of benzene rings is 2. The van der Waals surface area contributed by atoms with Crippen molar-refractivity contribution in [1.29, 1.82) is 0 Å². The minimum Gasteiger partial charge on any atom is -0.384 e. The van der Waals surface area contributed by atoms with E-state index >= 15 is 0 Å². The number of anilines is 2. The number of fused-ring (bicyclic) bond motifs is 1. The highest BCUT2D eigenvalue weighted by Crippen LogP contribution is 2.27. The molecule has 0 saturated carbocycles. The molecule has 148 valence electrons. The molecule has 1 amide bonds. The fourth-order valence-electron chi connectivity index (χ4n) is 4.28. The second-order valence-electron chi connectivity index (χ2n) is 8.00. The summed E-state index contributed by atoms with van der Waals surface area (Å²) in [6.45, 7) is 10.4. The van der Waals surface area contributed by atoms with Crippen molar-refractivity contribution in [3.63, 3.8) is 0 Å². The van der Waals surface area contributed by atoms with Crippen molar-refractivity contribution in [2.75, 3.05) is 49.9 Å². The van der Waals surface area contributed by atoms with E-state index in [4.69, 9.17) is 0 Å². The fourth-order valence-corrected chi connectivity index (χ4v) is 4.28. The van der Waals surface area contributed by atoms with E-state index < -0.39 is 0 Å². The summed E-state index contributed by atoms with van der Waals surface area (Å²) in [5.74, 6) is 0.0796. The maximum Gasteiger partial charge on any atom is 0.238 e. The second kappa shape index (κ2) is 8.33. The lowest BCUT2D eigenvalue weighted by molar-refractivity contribution is -0.117. The zero-order valence-electron chi connectivity index (χ0n) is 16.9. The van der Waals surface area contributed by atoms with Crippen LogP contribution in [0.25, 0.3) is 0 Å². The molecule has 2 heterocycles. The van der Waals surface area contributed by atoms with Crippen LogP contribution in [0.1, 0.15) is 22.3 Å². The zero-order valence-corrected chi connectivity index (χ0v) is 16.9. The number of nitrogens with one attached hydrogen (secondary N) is 2. The predicted molar refractivity (Wildman–Crippen MR) is 115 cm³/mol. The third-order valence-corrected chi connectivity index (χ3v) is 5.90. The van der Waals surface area contributed by atoms with Gasteiger partial charge in [-0.2, -0.15) is 0 Å². The van der Waals surface area contributed by atoms with Gasteiger partial charge in [-0.05, 0) is 42.5 Å². The van der Waals surface area contributed by atoms with E-state index in [1.165, 1.54) is 16.8 Å².